The van der Waals surface area contributed by atoms with E-state index in [4.69, 9.17) is 0 Å². The molecular weight excluding hydrogens is 375 g/mol. The van der Waals surface area contributed by atoms with Gasteiger partial charge in [0.1, 0.15) is 11.6 Å². The van der Waals surface area contributed by atoms with Gasteiger partial charge in [-0.05, 0) is 85.4 Å². The predicted molar refractivity (Wildman–Crippen MR) is 104 cm³/mol. The zero-order valence-electron chi connectivity index (χ0n) is 18.7. The first-order chi connectivity index (χ1) is 13.2. The molecule has 29 heavy (non-hydrogen) atoms. The average molecular weight is 411 g/mol. The fourth-order valence-corrected chi connectivity index (χ4v) is 8.36. The van der Waals surface area contributed by atoms with Gasteiger partial charge in [-0.2, -0.15) is 0 Å². The van der Waals surface area contributed by atoms with Crippen molar-refractivity contribution < 1.29 is 49.0 Å². The second-order valence-corrected chi connectivity index (χ2v) is 11.0. The Morgan fingerprint density at radius 1 is 1.07 bits per heavy atom. The molecule has 0 aliphatic heterocycles. The molecule has 0 aromatic carbocycles. The maximum Gasteiger partial charge on any atom is 1.00 e. The number of carbonyl (C=O) groups is 3. The van der Waals surface area contributed by atoms with E-state index in [1.54, 1.807) is 0 Å². The molecule has 4 saturated carbocycles. The summed E-state index contributed by atoms with van der Waals surface area (Å²) in [6, 6.07) is 0. The third-order valence-electron chi connectivity index (χ3n) is 9.84. The number of rotatable bonds is 4. The first kappa shape index (κ1) is 23.5. The van der Waals surface area contributed by atoms with E-state index in [0.29, 0.717) is 61.1 Å². The van der Waals surface area contributed by atoms with Crippen molar-refractivity contribution >= 4 is 17.5 Å². The van der Waals surface area contributed by atoms with E-state index >= 15 is 0 Å². The Labute approximate surface area is 197 Å². The maximum atomic E-state index is 13.1. The van der Waals surface area contributed by atoms with E-state index in [-0.39, 0.29) is 58.5 Å². The normalized spacial score (nSPS) is 44.9. The van der Waals surface area contributed by atoms with Gasteiger partial charge < -0.3 is 9.90 Å². The Bertz CT molecular complexity index is 690. The van der Waals surface area contributed by atoms with E-state index in [0.717, 1.165) is 19.3 Å². The predicted octanol–water partition coefficient (Wildman–Crippen LogP) is 0.564. The van der Waals surface area contributed by atoms with Crippen LogP contribution in [0, 0.1) is 46.3 Å². The molecule has 0 aromatic rings. The molecule has 0 bridgehead atoms. The average Bonchev–Trinajstić information content (AvgIpc) is 2.99. The van der Waals surface area contributed by atoms with Crippen LogP contribution in [-0.4, -0.2) is 17.5 Å². The number of carbonyl (C=O) groups excluding carboxylic acids is 3. The van der Waals surface area contributed by atoms with Gasteiger partial charge in [0.15, 0.2) is 0 Å². The zero-order chi connectivity index (χ0) is 20.3. The molecule has 0 unspecified atom stereocenters. The quantitative estimate of drug-likeness (QED) is 0.635. The SMILES string of the molecule is C[C@H](CCC(=O)[O-])[C@H]1CC[C@H]2[C@@H]3CC(=O)[C@@H]4CC(=O)CC[C@]4(C)[C@H]3CC[C@]12C.[Na+]. The van der Waals surface area contributed by atoms with Gasteiger partial charge in [0.25, 0.3) is 0 Å². The van der Waals surface area contributed by atoms with Crippen molar-refractivity contribution in [2.24, 2.45) is 46.3 Å². The van der Waals surface area contributed by atoms with Gasteiger partial charge in [-0.3, -0.25) is 9.59 Å². The molecule has 0 N–H and O–H groups in total. The molecule has 4 fully saturated rings. The Morgan fingerprint density at radius 2 is 1.76 bits per heavy atom. The third-order valence-corrected chi connectivity index (χ3v) is 9.84. The minimum Gasteiger partial charge on any atom is -0.550 e. The van der Waals surface area contributed by atoms with Crippen LogP contribution in [0.15, 0.2) is 0 Å². The van der Waals surface area contributed by atoms with Crippen molar-refractivity contribution in [2.75, 3.05) is 0 Å². The number of aliphatic carboxylic acids is 1. The standard InChI is InChI=1S/C24H36O4.Na/c1-14(4-7-22(27)28)17-5-6-18-16-13-21(26)20-12-15(25)8-10-24(20,3)19(16)9-11-23(17,18)2;/h14,16-20H,4-13H2,1-3H3,(H,27,28);/q;+1/p-1/t14-,16+,17-,18+,19+,20+,23-,24-;/m1./s1. The van der Waals surface area contributed by atoms with Crippen LogP contribution in [0.25, 0.3) is 0 Å². The number of hydrogen-bond acceptors (Lipinski definition) is 4. The van der Waals surface area contributed by atoms with E-state index < -0.39 is 5.97 Å². The summed E-state index contributed by atoms with van der Waals surface area (Å²) in [4.78, 5) is 36.0. The first-order valence-corrected chi connectivity index (χ1v) is 11.4. The fourth-order valence-electron chi connectivity index (χ4n) is 8.36. The Hall–Kier alpha value is -0.190. The molecule has 4 nitrogen and oxygen atoms in total. The van der Waals surface area contributed by atoms with Crippen molar-refractivity contribution in [3.8, 4) is 0 Å². The van der Waals surface area contributed by atoms with E-state index in [1.807, 2.05) is 0 Å². The van der Waals surface area contributed by atoms with Crippen LogP contribution < -0.4 is 34.7 Å². The van der Waals surface area contributed by atoms with Gasteiger partial charge in [-0.15, -0.1) is 0 Å². The monoisotopic (exact) mass is 410 g/mol. The van der Waals surface area contributed by atoms with Crippen LogP contribution in [0.2, 0.25) is 0 Å². The molecule has 4 aliphatic carbocycles. The molecular formula is C24H35NaO4. The van der Waals surface area contributed by atoms with Gasteiger partial charge in [0.2, 0.25) is 0 Å². The summed E-state index contributed by atoms with van der Waals surface area (Å²) in [6.07, 6.45) is 8.20. The molecule has 4 rings (SSSR count). The van der Waals surface area contributed by atoms with Gasteiger partial charge in [-0.25, -0.2) is 0 Å². The third kappa shape index (κ3) is 3.80. The summed E-state index contributed by atoms with van der Waals surface area (Å²) in [5.74, 6) is 2.16. The number of Topliss-reactive ketones (excluding diaryl/α,β-unsaturated/α-hetero) is 2. The summed E-state index contributed by atoms with van der Waals surface area (Å²) in [5, 5.41) is 10.9. The molecule has 0 heterocycles. The minimum absolute atomic E-state index is 0. The van der Waals surface area contributed by atoms with Crippen molar-refractivity contribution in [3.05, 3.63) is 0 Å². The fraction of sp³-hybridized carbons (Fsp3) is 0.875. The van der Waals surface area contributed by atoms with E-state index in [1.165, 1.54) is 12.8 Å². The van der Waals surface area contributed by atoms with Gasteiger partial charge in [-0.1, -0.05) is 20.8 Å². The van der Waals surface area contributed by atoms with E-state index in [9.17, 15) is 19.5 Å². The second kappa shape index (κ2) is 8.39. The topological polar surface area (TPSA) is 74.3 Å². The molecule has 0 amide bonds. The molecule has 0 spiro atoms. The van der Waals surface area contributed by atoms with Crippen LogP contribution in [0.5, 0.6) is 0 Å². The van der Waals surface area contributed by atoms with Crippen molar-refractivity contribution in [2.45, 2.75) is 85.0 Å². The van der Waals surface area contributed by atoms with Crippen LogP contribution in [-0.2, 0) is 14.4 Å². The summed E-state index contributed by atoms with van der Waals surface area (Å²) in [6.45, 7) is 6.93. The first-order valence-electron chi connectivity index (χ1n) is 11.4. The largest absolute Gasteiger partial charge is 1.00 e. The van der Waals surface area contributed by atoms with Crippen LogP contribution in [0.1, 0.15) is 85.0 Å². The van der Waals surface area contributed by atoms with Crippen molar-refractivity contribution in [1.82, 2.24) is 0 Å². The minimum atomic E-state index is -0.945. The molecule has 0 saturated heterocycles. The number of hydrogen-bond donors (Lipinski definition) is 0. The Morgan fingerprint density at radius 3 is 2.45 bits per heavy atom. The number of fused-ring (bicyclic) bond motifs is 5. The second-order valence-electron chi connectivity index (χ2n) is 11.0. The van der Waals surface area contributed by atoms with Crippen LogP contribution in [0.3, 0.4) is 0 Å². The summed E-state index contributed by atoms with van der Waals surface area (Å²) in [7, 11) is 0. The maximum absolute atomic E-state index is 13.1. The van der Waals surface area contributed by atoms with Gasteiger partial charge in [0.05, 0.1) is 0 Å². The summed E-state index contributed by atoms with van der Waals surface area (Å²) in [5.41, 5.74) is 0.231. The smallest absolute Gasteiger partial charge is 0.550 e. The molecule has 0 aromatic heterocycles. The summed E-state index contributed by atoms with van der Waals surface area (Å²) >= 11 is 0. The van der Waals surface area contributed by atoms with Gasteiger partial charge in [0, 0.05) is 31.1 Å². The van der Waals surface area contributed by atoms with E-state index in [2.05, 4.69) is 20.8 Å². The summed E-state index contributed by atoms with van der Waals surface area (Å²) < 4.78 is 0. The molecule has 156 valence electrons. The Balaban J connectivity index is 0.00000240. The number of carboxylic acids is 1. The molecule has 5 heteroatoms. The van der Waals surface area contributed by atoms with Crippen molar-refractivity contribution in [3.63, 3.8) is 0 Å². The Kier molecular flexibility index (Phi) is 6.79. The van der Waals surface area contributed by atoms with Crippen LogP contribution >= 0.6 is 0 Å². The zero-order valence-corrected chi connectivity index (χ0v) is 20.7. The van der Waals surface area contributed by atoms with Crippen LogP contribution in [0.4, 0.5) is 0 Å². The molecule has 0 radical (unpaired) electrons. The molecule has 4 aliphatic rings. The molecule has 8 atom stereocenters. The number of ketones is 2. The van der Waals surface area contributed by atoms with Crippen molar-refractivity contribution in [1.29, 1.82) is 0 Å². The number of carboxylic acid groups (broad SMARTS) is 1. The van der Waals surface area contributed by atoms with Gasteiger partial charge >= 0.3 is 29.6 Å².